The van der Waals surface area contributed by atoms with Gasteiger partial charge in [-0.25, -0.2) is 20.8 Å². The smallest absolute Gasteiger partial charge is 0.267 e. The van der Waals surface area contributed by atoms with Crippen molar-refractivity contribution in [3.8, 4) is 0 Å². The summed E-state index contributed by atoms with van der Waals surface area (Å²) in [5, 5.41) is 11.1. The second-order valence-corrected chi connectivity index (χ2v) is 14.3. The molecule has 0 bridgehead atoms. The van der Waals surface area contributed by atoms with Crippen LogP contribution in [0.4, 0.5) is 0 Å². The maximum Gasteiger partial charge on any atom is 0.267 e. The van der Waals surface area contributed by atoms with Crippen molar-refractivity contribution in [2.45, 2.75) is 52.8 Å². The number of ether oxygens (including phenoxy) is 3. The standard InChI is InChI=1S/C32H35NO8S2/c34-32(19-16-31-40-22-23-41-31,27-17-20-33(24-27)43(37,38)29-14-8-3-9-15-29)30(42(35,36)28-12-6-2-7-13-28)18-21-39-25-26-10-4-1-5-11-26/h1-15,17,20,24,30-31,34H,16,18-19,21-23,25H2. The largest absolute Gasteiger partial charge is 0.384 e. The van der Waals surface area contributed by atoms with E-state index in [9.17, 15) is 21.9 Å². The lowest BCUT2D eigenvalue weighted by Gasteiger charge is -2.36. The molecule has 0 saturated carbocycles. The highest BCUT2D eigenvalue weighted by Crippen LogP contribution is 2.40. The lowest BCUT2D eigenvalue weighted by Crippen LogP contribution is -2.46. The van der Waals surface area contributed by atoms with Gasteiger partial charge in [0.25, 0.3) is 10.0 Å². The third-order valence-electron chi connectivity index (χ3n) is 7.55. The van der Waals surface area contributed by atoms with Crippen LogP contribution in [-0.4, -0.2) is 57.3 Å². The van der Waals surface area contributed by atoms with E-state index < -0.39 is 37.0 Å². The summed E-state index contributed by atoms with van der Waals surface area (Å²) in [5.74, 6) is 0. The fourth-order valence-electron chi connectivity index (χ4n) is 5.28. The van der Waals surface area contributed by atoms with E-state index in [2.05, 4.69) is 0 Å². The van der Waals surface area contributed by atoms with E-state index in [1.54, 1.807) is 36.4 Å². The molecule has 1 aliphatic heterocycles. The Bertz CT molecular complexity index is 1670. The first-order valence-electron chi connectivity index (χ1n) is 14.1. The molecule has 1 aliphatic rings. The van der Waals surface area contributed by atoms with Crippen molar-refractivity contribution >= 4 is 19.9 Å². The Balaban J connectivity index is 1.52. The lowest BCUT2D eigenvalue weighted by atomic mass is 9.86. The molecule has 228 valence electrons. The number of rotatable bonds is 14. The molecular weight excluding hydrogens is 590 g/mol. The van der Waals surface area contributed by atoms with Crippen molar-refractivity contribution in [3.05, 3.63) is 121 Å². The molecule has 0 aliphatic carbocycles. The van der Waals surface area contributed by atoms with Crippen molar-refractivity contribution < 1.29 is 36.2 Å². The molecule has 2 atom stereocenters. The summed E-state index contributed by atoms with van der Waals surface area (Å²) in [4.78, 5) is 0.113. The number of benzene rings is 3. The zero-order valence-electron chi connectivity index (χ0n) is 23.6. The molecule has 0 spiro atoms. The van der Waals surface area contributed by atoms with E-state index in [0.29, 0.717) is 13.2 Å². The normalized spacial score (nSPS) is 16.6. The van der Waals surface area contributed by atoms with Gasteiger partial charge in [0.1, 0.15) is 10.9 Å². The number of sulfone groups is 1. The molecule has 1 N–H and O–H groups in total. The summed E-state index contributed by atoms with van der Waals surface area (Å²) >= 11 is 0. The monoisotopic (exact) mass is 625 g/mol. The highest BCUT2D eigenvalue weighted by Gasteiger charge is 2.47. The Kier molecular flexibility index (Phi) is 9.80. The van der Waals surface area contributed by atoms with Gasteiger partial charge in [0.15, 0.2) is 16.1 Å². The average molecular weight is 626 g/mol. The van der Waals surface area contributed by atoms with E-state index in [4.69, 9.17) is 14.2 Å². The van der Waals surface area contributed by atoms with Crippen LogP contribution in [0.2, 0.25) is 0 Å². The van der Waals surface area contributed by atoms with Crippen LogP contribution in [0.15, 0.2) is 119 Å². The second kappa shape index (κ2) is 13.5. The fourth-order valence-corrected chi connectivity index (χ4v) is 8.54. The van der Waals surface area contributed by atoms with E-state index in [1.807, 2.05) is 30.3 Å². The summed E-state index contributed by atoms with van der Waals surface area (Å²) in [6.07, 6.45) is 2.07. The first kappa shape index (κ1) is 31.1. The van der Waals surface area contributed by atoms with Crippen LogP contribution < -0.4 is 0 Å². The minimum Gasteiger partial charge on any atom is -0.384 e. The molecule has 2 unspecified atom stereocenters. The molecule has 0 amide bonds. The number of aromatic nitrogens is 1. The first-order valence-corrected chi connectivity index (χ1v) is 17.1. The van der Waals surface area contributed by atoms with Crippen LogP contribution in [0.3, 0.4) is 0 Å². The van der Waals surface area contributed by atoms with Crippen molar-refractivity contribution in [3.63, 3.8) is 0 Å². The SMILES string of the molecule is O=S(=O)(c1ccccc1)C(CCOCc1ccccc1)C(O)(CCC1OCCO1)c1ccn(S(=O)(=O)c2ccccc2)c1. The predicted molar refractivity (Wildman–Crippen MR) is 160 cm³/mol. The Morgan fingerprint density at radius 2 is 1.42 bits per heavy atom. The maximum atomic E-state index is 14.2. The summed E-state index contributed by atoms with van der Waals surface area (Å²) in [7, 11) is -8.14. The van der Waals surface area contributed by atoms with Gasteiger partial charge in [-0.05, 0) is 48.7 Å². The summed E-state index contributed by atoms with van der Waals surface area (Å²) < 4.78 is 73.3. The molecule has 0 radical (unpaired) electrons. The molecule has 2 heterocycles. The summed E-state index contributed by atoms with van der Waals surface area (Å²) in [6, 6.07) is 26.8. The van der Waals surface area contributed by atoms with Gasteiger partial charge in [0, 0.05) is 31.0 Å². The van der Waals surface area contributed by atoms with Gasteiger partial charge in [-0.1, -0.05) is 66.7 Å². The predicted octanol–water partition coefficient (Wildman–Crippen LogP) is 4.52. The summed E-state index contributed by atoms with van der Waals surface area (Å²) in [6.45, 7) is 1.10. The molecule has 4 aromatic rings. The zero-order chi connectivity index (χ0) is 30.3. The molecule has 43 heavy (non-hydrogen) atoms. The van der Waals surface area contributed by atoms with Gasteiger partial charge in [0.2, 0.25) is 0 Å². The molecule has 1 aromatic heterocycles. The molecule has 1 fully saturated rings. The van der Waals surface area contributed by atoms with Crippen LogP contribution in [0.25, 0.3) is 0 Å². The molecule has 11 heteroatoms. The van der Waals surface area contributed by atoms with Gasteiger partial charge in [-0.3, -0.25) is 0 Å². The first-order chi connectivity index (χ1) is 20.7. The number of aliphatic hydroxyl groups is 1. The van der Waals surface area contributed by atoms with Gasteiger partial charge in [-0.2, -0.15) is 0 Å². The van der Waals surface area contributed by atoms with Crippen LogP contribution in [0.1, 0.15) is 30.4 Å². The van der Waals surface area contributed by atoms with Crippen LogP contribution >= 0.6 is 0 Å². The van der Waals surface area contributed by atoms with Crippen molar-refractivity contribution in [2.24, 2.45) is 0 Å². The molecule has 9 nitrogen and oxygen atoms in total. The molecule has 5 rings (SSSR count). The Morgan fingerprint density at radius 1 is 0.837 bits per heavy atom. The Hall–Kier alpha value is -3.32. The minimum absolute atomic E-state index is 0.0351. The highest BCUT2D eigenvalue weighted by atomic mass is 32.2. The third-order valence-corrected chi connectivity index (χ3v) is 11.5. The summed E-state index contributed by atoms with van der Waals surface area (Å²) in [5.41, 5.74) is -0.936. The zero-order valence-corrected chi connectivity index (χ0v) is 25.2. The lowest BCUT2D eigenvalue weighted by molar-refractivity contribution is -0.0711. The van der Waals surface area contributed by atoms with Crippen LogP contribution in [0, 0.1) is 0 Å². The van der Waals surface area contributed by atoms with Gasteiger partial charge >= 0.3 is 0 Å². The fraction of sp³-hybridized carbons (Fsp3) is 0.312. The molecule has 1 saturated heterocycles. The minimum atomic E-state index is -4.15. The van der Waals surface area contributed by atoms with E-state index in [0.717, 1.165) is 9.54 Å². The van der Waals surface area contributed by atoms with Crippen molar-refractivity contribution in [1.82, 2.24) is 3.97 Å². The van der Waals surface area contributed by atoms with Crippen molar-refractivity contribution in [2.75, 3.05) is 19.8 Å². The molecule has 3 aromatic carbocycles. The van der Waals surface area contributed by atoms with E-state index in [1.165, 1.54) is 42.7 Å². The van der Waals surface area contributed by atoms with Gasteiger partial charge in [0.05, 0.1) is 29.6 Å². The van der Waals surface area contributed by atoms with Crippen LogP contribution in [0.5, 0.6) is 0 Å². The maximum absolute atomic E-state index is 14.2. The Morgan fingerprint density at radius 3 is 2.05 bits per heavy atom. The number of hydrogen-bond acceptors (Lipinski definition) is 8. The molecular formula is C32H35NO8S2. The number of nitrogens with zero attached hydrogens (tertiary/aromatic N) is 1. The van der Waals surface area contributed by atoms with Gasteiger partial charge < -0.3 is 19.3 Å². The quantitative estimate of drug-likeness (QED) is 0.203. The topological polar surface area (TPSA) is 121 Å². The Labute approximate surface area is 252 Å². The third kappa shape index (κ3) is 7.09. The van der Waals surface area contributed by atoms with Crippen LogP contribution in [-0.2, 0) is 46.3 Å². The second-order valence-electron chi connectivity index (χ2n) is 10.4. The number of hydrogen-bond donors (Lipinski definition) is 1. The van der Waals surface area contributed by atoms with Gasteiger partial charge in [-0.15, -0.1) is 0 Å². The van der Waals surface area contributed by atoms with Crippen molar-refractivity contribution in [1.29, 1.82) is 0 Å². The van der Waals surface area contributed by atoms with E-state index >= 15 is 0 Å². The van der Waals surface area contributed by atoms with E-state index in [-0.39, 0.29) is 47.8 Å². The highest BCUT2D eigenvalue weighted by molar-refractivity contribution is 7.92. The average Bonchev–Trinajstić information content (AvgIpc) is 3.75.